The van der Waals surface area contributed by atoms with Crippen molar-refractivity contribution in [2.75, 3.05) is 0 Å². The molecule has 0 spiro atoms. The quantitative estimate of drug-likeness (QED) is 0.650. The summed E-state index contributed by atoms with van der Waals surface area (Å²) in [6.45, 7) is 0. The molecule has 3 aromatic rings. The van der Waals surface area contributed by atoms with E-state index in [9.17, 15) is 14.7 Å². The second kappa shape index (κ2) is 8.23. The predicted octanol–water partition coefficient (Wildman–Crippen LogP) is 2.88. The van der Waals surface area contributed by atoms with Gasteiger partial charge in [0.2, 0.25) is 5.91 Å². The number of hydrogen-bond donors (Lipinski definition) is 2. The lowest BCUT2D eigenvalue weighted by molar-refractivity contribution is -0.141. The van der Waals surface area contributed by atoms with E-state index in [1.54, 1.807) is 24.3 Å². The van der Waals surface area contributed by atoms with Crippen LogP contribution >= 0.6 is 0 Å². The highest BCUT2D eigenvalue weighted by Crippen LogP contribution is 2.21. The van der Waals surface area contributed by atoms with Gasteiger partial charge in [-0.25, -0.2) is 4.79 Å². The molecule has 0 aliphatic rings. The third kappa shape index (κ3) is 4.10. The number of rotatable bonds is 6. The van der Waals surface area contributed by atoms with Crippen molar-refractivity contribution in [1.29, 1.82) is 5.26 Å². The fraction of sp³-hybridized carbons (Fsp3) is 0.136. The lowest BCUT2D eigenvalue weighted by atomic mass is 10.0. The number of hydrogen-bond acceptors (Lipinski definition) is 3. The summed E-state index contributed by atoms with van der Waals surface area (Å²) in [6.07, 6.45) is 4.80. The summed E-state index contributed by atoms with van der Waals surface area (Å²) in [5.41, 5.74) is 2.89. The van der Waals surface area contributed by atoms with Gasteiger partial charge in [0.15, 0.2) is 0 Å². The number of nitrogens with one attached hydrogen (secondary N) is 1. The van der Waals surface area contributed by atoms with Gasteiger partial charge in [0.1, 0.15) is 6.04 Å². The number of nitrogens with zero attached hydrogens (tertiary/aromatic N) is 2. The van der Waals surface area contributed by atoms with Crippen molar-refractivity contribution < 1.29 is 14.7 Å². The SMILES string of the molecule is Cn1cc(C[C@H](NC(=O)C=Cc2ccccc2C#N)C(=O)O)c2ccccc21. The second-order valence-corrected chi connectivity index (χ2v) is 6.42. The number of benzene rings is 2. The summed E-state index contributed by atoms with van der Waals surface area (Å²) in [7, 11) is 1.90. The monoisotopic (exact) mass is 373 g/mol. The van der Waals surface area contributed by atoms with E-state index in [0.29, 0.717) is 11.1 Å². The molecular weight excluding hydrogens is 354 g/mol. The molecule has 0 fully saturated rings. The molecule has 0 unspecified atom stereocenters. The number of carbonyl (C=O) groups excluding carboxylic acids is 1. The number of fused-ring (bicyclic) bond motifs is 1. The molecule has 1 atom stereocenters. The van der Waals surface area contributed by atoms with Crippen molar-refractivity contribution in [3.8, 4) is 6.07 Å². The van der Waals surface area contributed by atoms with Crippen LogP contribution in [0, 0.1) is 11.3 Å². The third-order valence-electron chi connectivity index (χ3n) is 4.51. The van der Waals surface area contributed by atoms with Crippen molar-refractivity contribution in [3.63, 3.8) is 0 Å². The highest BCUT2D eigenvalue weighted by molar-refractivity contribution is 5.95. The molecule has 2 N–H and O–H groups in total. The fourth-order valence-corrected chi connectivity index (χ4v) is 3.14. The lowest BCUT2D eigenvalue weighted by Gasteiger charge is -2.13. The molecule has 0 radical (unpaired) electrons. The maximum atomic E-state index is 12.2. The Bertz CT molecular complexity index is 1110. The first-order chi connectivity index (χ1) is 13.5. The fourth-order valence-electron chi connectivity index (χ4n) is 3.14. The Labute approximate surface area is 162 Å². The van der Waals surface area contributed by atoms with Gasteiger partial charge in [-0.2, -0.15) is 5.26 Å². The van der Waals surface area contributed by atoms with Crippen LogP contribution < -0.4 is 5.32 Å². The average molecular weight is 373 g/mol. The number of aryl methyl sites for hydroxylation is 1. The first-order valence-corrected chi connectivity index (χ1v) is 8.73. The molecule has 1 amide bonds. The first-order valence-electron chi connectivity index (χ1n) is 8.73. The van der Waals surface area contributed by atoms with E-state index in [-0.39, 0.29) is 6.42 Å². The van der Waals surface area contributed by atoms with Crippen LogP contribution in [0.4, 0.5) is 0 Å². The molecule has 140 valence electrons. The molecular formula is C22H19N3O3. The Morgan fingerprint density at radius 2 is 1.93 bits per heavy atom. The molecule has 0 saturated carbocycles. The van der Waals surface area contributed by atoms with E-state index in [0.717, 1.165) is 16.5 Å². The van der Waals surface area contributed by atoms with Crippen molar-refractivity contribution in [2.45, 2.75) is 12.5 Å². The number of amides is 1. The number of aromatic nitrogens is 1. The molecule has 0 bridgehead atoms. The van der Waals surface area contributed by atoms with Crippen molar-refractivity contribution >= 4 is 28.9 Å². The van der Waals surface area contributed by atoms with Crippen molar-refractivity contribution in [1.82, 2.24) is 9.88 Å². The van der Waals surface area contributed by atoms with Crippen LogP contribution in [0.3, 0.4) is 0 Å². The minimum Gasteiger partial charge on any atom is -0.480 e. The minimum absolute atomic E-state index is 0.172. The summed E-state index contributed by atoms with van der Waals surface area (Å²) in [5, 5.41) is 22.1. The maximum absolute atomic E-state index is 12.2. The molecule has 1 heterocycles. The van der Waals surface area contributed by atoms with E-state index < -0.39 is 17.9 Å². The molecule has 0 aliphatic carbocycles. The van der Waals surface area contributed by atoms with Crippen LogP contribution in [0.25, 0.3) is 17.0 Å². The van der Waals surface area contributed by atoms with E-state index in [1.165, 1.54) is 12.2 Å². The Morgan fingerprint density at radius 3 is 2.68 bits per heavy atom. The van der Waals surface area contributed by atoms with E-state index in [1.807, 2.05) is 42.1 Å². The lowest BCUT2D eigenvalue weighted by Crippen LogP contribution is -2.41. The summed E-state index contributed by atoms with van der Waals surface area (Å²) in [4.78, 5) is 23.9. The molecule has 3 rings (SSSR count). The van der Waals surface area contributed by atoms with Gasteiger partial charge in [-0.15, -0.1) is 0 Å². The van der Waals surface area contributed by atoms with E-state index in [2.05, 4.69) is 11.4 Å². The minimum atomic E-state index is -1.10. The largest absolute Gasteiger partial charge is 0.480 e. The zero-order valence-corrected chi connectivity index (χ0v) is 15.3. The van der Waals surface area contributed by atoms with Gasteiger partial charge in [0.05, 0.1) is 11.6 Å². The summed E-state index contributed by atoms with van der Waals surface area (Å²) in [5.74, 6) is -1.63. The molecule has 28 heavy (non-hydrogen) atoms. The third-order valence-corrected chi connectivity index (χ3v) is 4.51. The normalized spacial score (nSPS) is 12.0. The van der Waals surface area contributed by atoms with Gasteiger partial charge >= 0.3 is 5.97 Å². The summed E-state index contributed by atoms with van der Waals surface area (Å²) in [6, 6.07) is 15.6. The van der Waals surface area contributed by atoms with E-state index >= 15 is 0 Å². The molecule has 1 aromatic heterocycles. The van der Waals surface area contributed by atoms with Gasteiger partial charge in [0, 0.05) is 36.6 Å². The first kappa shape index (κ1) is 18.9. The Morgan fingerprint density at radius 1 is 1.21 bits per heavy atom. The number of nitriles is 1. The zero-order valence-electron chi connectivity index (χ0n) is 15.3. The molecule has 2 aromatic carbocycles. The summed E-state index contributed by atoms with van der Waals surface area (Å²) >= 11 is 0. The zero-order chi connectivity index (χ0) is 20.1. The number of carboxylic acids is 1. The number of para-hydroxylation sites is 1. The standard InChI is InChI=1S/C22H19N3O3/c1-25-14-17(18-8-4-5-9-20(18)25)12-19(22(27)28)24-21(26)11-10-15-6-2-3-7-16(15)13-23/h2-11,14,19H,12H2,1H3,(H,24,26)(H,27,28)/t19-/m0/s1. The van der Waals surface area contributed by atoms with Gasteiger partial charge in [0.25, 0.3) is 0 Å². The highest BCUT2D eigenvalue weighted by Gasteiger charge is 2.21. The topological polar surface area (TPSA) is 95.1 Å². The van der Waals surface area contributed by atoms with Gasteiger partial charge < -0.3 is 15.0 Å². The number of carbonyl (C=O) groups is 2. The van der Waals surface area contributed by atoms with Crippen molar-refractivity contribution in [3.05, 3.63) is 77.5 Å². The molecule has 0 saturated heterocycles. The van der Waals surface area contributed by atoms with Crippen LogP contribution in [0.5, 0.6) is 0 Å². The van der Waals surface area contributed by atoms with Gasteiger partial charge in [-0.05, 0) is 29.3 Å². The Hall–Kier alpha value is -3.85. The van der Waals surface area contributed by atoms with Gasteiger partial charge in [-0.3, -0.25) is 4.79 Å². The Kier molecular flexibility index (Phi) is 5.56. The molecule has 6 nitrogen and oxygen atoms in total. The predicted molar refractivity (Wildman–Crippen MR) is 106 cm³/mol. The van der Waals surface area contributed by atoms with Crippen molar-refractivity contribution in [2.24, 2.45) is 7.05 Å². The highest BCUT2D eigenvalue weighted by atomic mass is 16.4. The molecule has 0 aliphatic heterocycles. The summed E-state index contributed by atoms with van der Waals surface area (Å²) < 4.78 is 1.93. The van der Waals surface area contributed by atoms with Crippen LogP contribution in [0.15, 0.2) is 60.8 Å². The van der Waals surface area contributed by atoms with Crippen LogP contribution in [-0.4, -0.2) is 27.6 Å². The van der Waals surface area contributed by atoms with Gasteiger partial charge in [-0.1, -0.05) is 36.4 Å². The second-order valence-electron chi connectivity index (χ2n) is 6.42. The molecule has 6 heteroatoms. The number of aliphatic carboxylic acids is 1. The average Bonchev–Trinajstić information content (AvgIpc) is 3.02. The Balaban J connectivity index is 1.76. The van der Waals surface area contributed by atoms with Crippen LogP contribution in [0.2, 0.25) is 0 Å². The van der Waals surface area contributed by atoms with Crippen LogP contribution in [-0.2, 0) is 23.1 Å². The van der Waals surface area contributed by atoms with E-state index in [4.69, 9.17) is 5.26 Å². The smallest absolute Gasteiger partial charge is 0.326 e. The number of carboxylic acid groups (broad SMARTS) is 1. The van der Waals surface area contributed by atoms with Crippen LogP contribution in [0.1, 0.15) is 16.7 Å². The maximum Gasteiger partial charge on any atom is 0.326 e.